The number of nitrogens with zero attached hydrogens (tertiary/aromatic N) is 2. The number of rotatable bonds is 4. The van der Waals surface area contributed by atoms with Crippen molar-refractivity contribution in [3.05, 3.63) is 45.9 Å². The Morgan fingerprint density at radius 3 is 2.97 bits per heavy atom. The fourth-order valence-electron chi connectivity index (χ4n) is 3.68. The van der Waals surface area contributed by atoms with Crippen LogP contribution in [0, 0.1) is 6.92 Å². The minimum Gasteiger partial charge on any atom is -0.484 e. The highest BCUT2D eigenvalue weighted by molar-refractivity contribution is 7.09. The van der Waals surface area contributed by atoms with Crippen LogP contribution >= 0.6 is 11.3 Å². The van der Waals surface area contributed by atoms with Crippen LogP contribution in [0.1, 0.15) is 27.3 Å². The van der Waals surface area contributed by atoms with E-state index in [4.69, 9.17) is 14.2 Å². The number of ether oxygens (including phenoxy) is 3. The minimum atomic E-state index is -4.41. The maximum Gasteiger partial charge on any atom is 0.422 e. The number of halogens is 3. The van der Waals surface area contributed by atoms with E-state index in [1.807, 2.05) is 5.38 Å². The molecule has 3 heterocycles. The number of hydrogen-bond donors (Lipinski definition) is 0. The van der Waals surface area contributed by atoms with Crippen LogP contribution in [0.3, 0.4) is 0 Å². The summed E-state index contributed by atoms with van der Waals surface area (Å²) in [5.41, 5.74) is 0.230. The van der Waals surface area contributed by atoms with Crippen molar-refractivity contribution >= 4 is 17.2 Å². The van der Waals surface area contributed by atoms with Crippen LogP contribution in [0.15, 0.2) is 29.8 Å². The van der Waals surface area contributed by atoms with E-state index in [2.05, 4.69) is 4.98 Å². The monoisotopic (exact) mass is 428 g/mol. The van der Waals surface area contributed by atoms with Crippen molar-refractivity contribution in [1.29, 1.82) is 0 Å². The number of carbonyl (C=O) groups is 1. The van der Waals surface area contributed by atoms with Crippen molar-refractivity contribution in [2.24, 2.45) is 0 Å². The molecule has 0 aliphatic carbocycles. The summed E-state index contributed by atoms with van der Waals surface area (Å²) in [5, 5.41) is 2.72. The molecule has 1 aromatic heterocycles. The summed E-state index contributed by atoms with van der Waals surface area (Å²) >= 11 is 1.50. The van der Waals surface area contributed by atoms with Crippen LogP contribution < -0.4 is 4.74 Å². The van der Waals surface area contributed by atoms with Gasteiger partial charge in [-0.05, 0) is 30.7 Å². The molecule has 0 saturated carbocycles. The molecule has 0 N–H and O–H groups in total. The summed E-state index contributed by atoms with van der Waals surface area (Å²) in [5.74, 6) is -0.105. The molecule has 2 aliphatic rings. The molecule has 6 nitrogen and oxygen atoms in total. The fraction of sp³-hybridized carbons (Fsp3) is 0.474. The standard InChI is InChI=1S/C19H19F3N2O4S/c1-12-8-13(2-3-14(12)26-10-19(20,21)22)16(25)24-6-4-18(17-23-5-7-29-17)15(9-24)27-11-28-18/h2-3,5,7-8,15H,4,6,9-11H2,1H3/t15-,18+/m0/s1. The number of fused-ring (bicyclic) bond motifs is 1. The molecule has 0 radical (unpaired) electrons. The lowest BCUT2D eigenvalue weighted by Gasteiger charge is -2.40. The zero-order chi connectivity index (χ0) is 20.6. The molecule has 4 rings (SSSR count). The Morgan fingerprint density at radius 2 is 2.28 bits per heavy atom. The normalized spacial score (nSPS) is 24.4. The van der Waals surface area contributed by atoms with E-state index in [0.29, 0.717) is 30.6 Å². The van der Waals surface area contributed by atoms with Gasteiger partial charge in [-0.1, -0.05) is 0 Å². The summed E-state index contributed by atoms with van der Waals surface area (Å²) in [6.45, 7) is 1.20. The summed E-state index contributed by atoms with van der Waals surface area (Å²) < 4.78 is 53.5. The van der Waals surface area contributed by atoms with Gasteiger partial charge in [0.1, 0.15) is 23.7 Å². The zero-order valence-electron chi connectivity index (χ0n) is 15.6. The third-order valence-corrected chi connectivity index (χ3v) is 6.07. The number of aromatic nitrogens is 1. The molecule has 2 aliphatic heterocycles. The highest BCUT2D eigenvalue weighted by Gasteiger charge is 2.52. The van der Waals surface area contributed by atoms with Gasteiger partial charge in [-0.25, -0.2) is 4.98 Å². The molecule has 29 heavy (non-hydrogen) atoms. The summed E-state index contributed by atoms with van der Waals surface area (Å²) in [7, 11) is 0. The van der Waals surface area contributed by atoms with Crippen LogP contribution in [-0.4, -0.2) is 54.6 Å². The zero-order valence-corrected chi connectivity index (χ0v) is 16.4. The third kappa shape index (κ3) is 3.96. The number of hydrogen-bond acceptors (Lipinski definition) is 6. The Morgan fingerprint density at radius 1 is 1.45 bits per heavy atom. The van der Waals surface area contributed by atoms with E-state index >= 15 is 0 Å². The average molecular weight is 428 g/mol. The topological polar surface area (TPSA) is 60.9 Å². The van der Waals surface area contributed by atoms with Crippen molar-refractivity contribution in [2.75, 3.05) is 26.5 Å². The lowest BCUT2D eigenvalue weighted by molar-refractivity contribution is -0.153. The molecule has 0 bridgehead atoms. The number of alkyl halides is 3. The van der Waals surface area contributed by atoms with E-state index < -0.39 is 18.4 Å². The quantitative estimate of drug-likeness (QED) is 0.746. The van der Waals surface area contributed by atoms with Gasteiger partial charge in [0.2, 0.25) is 0 Å². The van der Waals surface area contributed by atoms with Crippen molar-refractivity contribution in [2.45, 2.75) is 31.2 Å². The van der Waals surface area contributed by atoms with Crippen LogP contribution in [0.25, 0.3) is 0 Å². The Balaban J connectivity index is 1.46. The maximum atomic E-state index is 13.0. The third-order valence-electron chi connectivity index (χ3n) is 5.14. The highest BCUT2D eigenvalue weighted by Crippen LogP contribution is 2.43. The smallest absolute Gasteiger partial charge is 0.422 e. The van der Waals surface area contributed by atoms with E-state index in [0.717, 1.165) is 5.01 Å². The second kappa shape index (κ2) is 7.58. The van der Waals surface area contributed by atoms with E-state index in [1.54, 1.807) is 24.1 Å². The first kappa shape index (κ1) is 20.1. The first-order valence-electron chi connectivity index (χ1n) is 9.03. The van der Waals surface area contributed by atoms with Crippen molar-refractivity contribution < 1.29 is 32.2 Å². The van der Waals surface area contributed by atoms with Crippen LogP contribution in [0.2, 0.25) is 0 Å². The molecule has 1 aromatic carbocycles. The number of aryl methyl sites for hydroxylation is 1. The molecule has 10 heteroatoms. The lowest BCUT2D eigenvalue weighted by Crippen LogP contribution is -2.53. The number of carbonyl (C=O) groups excluding carboxylic acids is 1. The number of amides is 1. The summed E-state index contributed by atoms with van der Waals surface area (Å²) in [6.07, 6.45) is -2.46. The van der Waals surface area contributed by atoms with Crippen LogP contribution in [0.5, 0.6) is 5.75 Å². The van der Waals surface area contributed by atoms with Gasteiger partial charge in [0.05, 0.1) is 6.54 Å². The maximum absolute atomic E-state index is 13.0. The molecule has 156 valence electrons. The first-order chi connectivity index (χ1) is 13.8. The Labute approximate surface area is 169 Å². The van der Waals surface area contributed by atoms with E-state index in [-0.39, 0.29) is 24.6 Å². The highest BCUT2D eigenvalue weighted by atomic mass is 32.1. The number of likely N-dealkylation sites (tertiary alicyclic amines) is 1. The molecule has 1 amide bonds. The molecule has 0 unspecified atom stereocenters. The molecule has 0 spiro atoms. The largest absolute Gasteiger partial charge is 0.484 e. The van der Waals surface area contributed by atoms with Gasteiger partial charge in [-0.15, -0.1) is 11.3 Å². The van der Waals surface area contributed by atoms with Crippen molar-refractivity contribution in [3.8, 4) is 5.75 Å². The van der Waals surface area contributed by atoms with Gasteiger partial charge >= 0.3 is 6.18 Å². The van der Waals surface area contributed by atoms with Crippen LogP contribution in [0.4, 0.5) is 13.2 Å². The Kier molecular flexibility index (Phi) is 5.26. The van der Waals surface area contributed by atoms with Gasteiger partial charge < -0.3 is 19.1 Å². The van der Waals surface area contributed by atoms with Gasteiger partial charge in [-0.3, -0.25) is 4.79 Å². The SMILES string of the molecule is Cc1cc(C(=O)N2CC[C@@]3(c4nccs4)OCO[C@H]3C2)ccc1OCC(F)(F)F. The second-order valence-corrected chi connectivity index (χ2v) is 7.92. The fourth-order valence-corrected chi connectivity index (χ4v) is 4.55. The predicted octanol–water partition coefficient (Wildman–Crippen LogP) is 3.51. The average Bonchev–Trinajstić information content (AvgIpc) is 3.35. The summed E-state index contributed by atoms with van der Waals surface area (Å²) in [6, 6.07) is 4.42. The number of benzene rings is 1. The van der Waals surface area contributed by atoms with Crippen molar-refractivity contribution in [1.82, 2.24) is 9.88 Å². The Hall–Kier alpha value is -2.17. The van der Waals surface area contributed by atoms with E-state index in [9.17, 15) is 18.0 Å². The van der Waals surface area contributed by atoms with Gasteiger partial charge in [0.25, 0.3) is 5.91 Å². The molecular weight excluding hydrogens is 409 g/mol. The van der Waals surface area contributed by atoms with Crippen molar-refractivity contribution in [3.63, 3.8) is 0 Å². The minimum absolute atomic E-state index is 0.104. The molecule has 2 fully saturated rings. The molecular formula is C19H19F3N2O4S. The predicted molar refractivity (Wildman–Crippen MR) is 97.9 cm³/mol. The Bertz CT molecular complexity index is 890. The van der Waals surface area contributed by atoms with Crippen LogP contribution in [-0.2, 0) is 15.1 Å². The van der Waals surface area contributed by atoms with E-state index in [1.165, 1.54) is 23.5 Å². The first-order valence-corrected chi connectivity index (χ1v) is 9.91. The van der Waals surface area contributed by atoms with Gasteiger partial charge in [0.15, 0.2) is 12.2 Å². The van der Waals surface area contributed by atoms with Gasteiger partial charge in [-0.2, -0.15) is 13.2 Å². The molecule has 2 atom stereocenters. The molecule has 2 saturated heterocycles. The lowest BCUT2D eigenvalue weighted by atomic mass is 9.88. The number of piperidine rings is 1. The summed E-state index contributed by atoms with van der Waals surface area (Å²) in [4.78, 5) is 19.0. The van der Waals surface area contributed by atoms with Gasteiger partial charge in [0, 0.05) is 30.1 Å². The second-order valence-electron chi connectivity index (χ2n) is 7.03. The number of thiazole rings is 1. The molecule has 2 aromatic rings.